The van der Waals surface area contributed by atoms with Crippen molar-refractivity contribution in [2.45, 2.75) is 23.2 Å². The molecule has 116 valence electrons. The van der Waals surface area contributed by atoms with Gasteiger partial charge < -0.3 is 5.32 Å². The molecule has 1 aliphatic rings. The Kier molecular flexibility index (Phi) is 3.53. The molecule has 0 spiro atoms. The number of anilines is 1. The normalized spacial score (nSPS) is 16.3. The van der Waals surface area contributed by atoms with E-state index >= 15 is 0 Å². The molecule has 2 aromatic rings. The summed E-state index contributed by atoms with van der Waals surface area (Å²) in [6.07, 6.45) is 3.73. The fourth-order valence-electron chi connectivity index (χ4n) is 2.37. The number of sulfone groups is 1. The maximum Gasteiger partial charge on any atom is 0.236 e. The van der Waals surface area contributed by atoms with Crippen LogP contribution >= 0.6 is 11.3 Å². The molecule has 1 aliphatic carbocycles. The number of aromatic nitrogens is 1. The van der Waals surface area contributed by atoms with Crippen LogP contribution in [0.25, 0.3) is 0 Å². The maximum atomic E-state index is 14.0. The molecule has 1 N–H and O–H groups in total. The van der Waals surface area contributed by atoms with Crippen molar-refractivity contribution < 1.29 is 17.6 Å². The van der Waals surface area contributed by atoms with Crippen LogP contribution in [0.5, 0.6) is 0 Å². The van der Waals surface area contributed by atoms with Gasteiger partial charge in [0.05, 0.1) is 5.41 Å². The van der Waals surface area contributed by atoms with Crippen LogP contribution in [0.1, 0.15) is 18.4 Å². The summed E-state index contributed by atoms with van der Waals surface area (Å²) in [6, 6.07) is 3.87. The van der Waals surface area contributed by atoms with Gasteiger partial charge >= 0.3 is 0 Å². The molecular weight excluding hydrogens is 327 g/mol. The number of nitrogens with zero attached hydrogens (tertiary/aromatic N) is 1. The Labute approximate surface area is 131 Å². The van der Waals surface area contributed by atoms with E-state index in [0.717, 1.165) is 12.3 Å². The SMILES string of the molecule is CS(=O)(=O)c1ccc(C2(C(=O)Nc3nccs3)CC2)cc1F. The molecule has 1 saturated carbocycles. The van der Waals surface area contributed by atoms with Crippen LogP contribution in [0.4, 0.5) is 9.52 Å². The predicted octanol–water partition coefficient (Wildman–Crippen LogP) is 2.36. The molecule has 0 radical (unpaired) electrons. The van der Waals surface area contributed by atoms with Gasteiger partial charge in [-0.15, -0.1) is 11.3 Å². The fraction of sp³-hybridized carbons (Fsp3) is 0.286. The summed E-state index contributed by atoms with van der Waals surface area (Å²) in [4.78, 5) is 16.0. The van der Waals surface area contributed by atoms with Crippen molar-refractivity contribution in [1.29, 1.82) is 0 Å². The van der Waals surface area contributed by atoms with Crippen molar-refractivity contribution in [1.82, 2.24) is 4.98 Å². The number of thiazole rings is 1. The topological polar surface area (TPSA) is 76.1 Å². The molecule has 1 heterocycles. The minimum atomic E-state index is -3.62. The number of carbonyl (C=O) groups is 1. The zero-order valence-electron chi connectivity index (χ0n) is 11.7. The van der Waals surface area contributed by atoms with Gasteiger partial charge in [-0.3, -0.25) is 4.79 Å². The molecule has 8 heteroatoms. The van der Waals surface area contributed by atoms with E-state index in [4.69, 9.17) is 0 Å². The van der Waals surface area contributed by atoms with Crippen molar-refractivity contribution in [2.24, 2.45) is 0 Å². The highest BCUT2D eigenvalue weighted by Crippen LogP contribution is 2.49. The molecule has 1 amide bonds. The lowest BCUT2D eigenvalue weighted by atomic mass is 9.95. The molecule has 1 aromatic heterocycles. The van der Waals surface area contributed by atoms with Gasteiger partial charge in [0, 0.05) is 17.8 Å². The first-order valence-electron chi connectivity index (χ1n) is 6.54. The quantitative estimate of drug-likeness (QED) is 0.927. The van der Waals surface area contributed by atoms with Gasteiger partial charge in [-0.25, -0.2) is 17.8 Å². The minimum absolute atomic E-state index is 0.242. The van der Waals surface area contributed by atoms with Gasteiger partial charge in [0.1, 0.15) is 10.7 Å². The lowest BCUT2D eigenvalue weighted by molar-refractivity contribution is -0.118. The second-order valence-corrected chi connectivity index (χ2v) is 8.17. The first-order valence-corrected chi connectivity index (χ1v) is 9.31. The van der Waals surface area contributed by atoms with Crippen LogP contribution < -0.4 is 5.32 Å². The first-order chi connectivity index (χ1) is 10.3. The number of hydrogen-bond donors (Lipinski definition) is 1. The van der Waals surface area contributed by atoms with Crippen molar-refractivity contribution in [3.8, 4) is 0 Å². The number of amides is 1. The summed E-state index contributed by atoms with van der Waals surface area (Å²) in [7, 11) is -3.62. The monoisotopic (exact) mass is 340 g/mol. The summed E-state index contributed by atoms with van der Waals surface area (Å²) in [5.41, 5.74) is -0.297. The lowest BCUT2D eigenvalue weighted by Crippen LogP contribution is -2.28. The number of carbonyl (C=O) groups excluding carboxylic acids is 1. The number of rotatable bonds is 4. The third-order valence-electron chi connectivity index (χ3n) is 3.72. The second-order valence-electron chi connectivity index (χ2n) is 5.29. The molecular formula is C14H13FN2O3S2. The van der Waals surface area contributed by atoms with Crippen molar-refractivity contribution in [3.05, 3.63) is 41.2 Å². The summed E-state index contributed by atoms with van der Waals surface area (Å²) in [5, 5.41) is 4.95. The van der Waals surface area contributed by atoms with Gasteiger partial charge in [-0.2, -0.15) is 0 Å². The van der Waals surface area contributed by atoms with Gasteiger partial charge in [-0.1, -0.05) is 6.07 Å². The molecule has 0 atom stereocenters. The largest absolute Gasteiger partial charge is 0.301 e. The highest BCUT2D eigenvalue weighted by molar-refractivity contribution is 7.90. The van der Waals surface area contributed by atoms with Crippen LogP contribution in [0, 0.1) is 5.82 Å². The molecule has 22 heavy (non-hydrogen) atoms. The van der Waals surface area contributed by atoms with E-state index in [-0.39, 0.29) is 10.8 Å². The molecule has 1 aromatic carbocycles. The zero-order valence-corrected chi connectivity index (χ0v) is 13.3. The Morgan fingerprint density at radius 1 is 1.41 bits per heavy atom. The average Bonchev–Trinajstić information content (AvgIpc) is 3.10. The molecule has 0 bridgehead atoms. The Hall–Kier alpha value is -1.80. The minimum Gasteiger partial charge on any atom is -0.301 e. The summed E-state index contributed by atoms with van der Waals surface area (Å²) >= 11 is 1.30. The van der Waals surface area contributed by atoms with Crippen LogP contribution in [-0.4, -0.2) is 25.6 Å². The number of benzene rings is 1. The molecule has 3 rings (SSSR count). The number of halogens is 1. The molecule has 1 fully saturated rings. The smallest absolute Gasteiger partial charge is 0.236 e. The highest BCUT2D eigenvalue weighted by Gasteiger charge is 2.51. The fourth-order valence-corrected chi connectivity index (χ4v) is 3.63. The summed E-state index contributed by atoms with van der Waals surface area (Å²) in [6.45, 7) is 0. The highest BCUT2D eigenvalue weighted by atomic mass is 32.2. The maximum absolute atomic E-state index is 14.0. The molecule has 0 unspecified atom stereocenters. The average molecular weight is 340 g/mol. The summed E-state index contributed by atoms with van der Waals surface area (Å²) in [5.74, 6) is -1.07. The molecule has 0 saturated heterocycles. The Morgan fingerprint density at radius 3 is 2.64 bits per heavy atom. The Morgan fingerprint density at radius 2 is 2.14 bits per heavy atom. The van der Waals surface area contributed by atoms with Gasteiger partial charge in [0.15, 0.2) is 15.0 Å². The Bertz CT molecular complexity index is 828. The van der Waals surface area contributed by atoms with E-state index in [1.54, 1.807) is 11.6 Å². The van der Waals surface area contributed by atoms with Crippen molar-refractivity contribution >= 4 is 32.2 Å². The van der Waals surface area contributed by atoms with Gasteiger partial charge in [-0.05, 0) is 30.5 Å². The van der Waals surface area contributed by atoms with Crippen LogP contribution in [0.15, 0.2) is 34.7 Å². The number of hydrogen-bond acceptors (Lipinski definition) is 5. The van der Waals surface area contributed by atoms with E-state index in [0.29, 0.717) is 23.5 Å². The van der Waals surface area contributed by atoms with E-state index in [2.05, 4.69) is 10.3 Å². The van der Waals surface area contributed by atoms with Gasteiger partial charge in [0.25, 0.3) is 0 Å². The number of nitrogens with one attached hydrogen (secondary N) is 1. The summed E-state index contributed by atoms with van der Waals surface area (Å²) < 4.78 is 36.9. The third-order valence-corrected chi connectivity index (χ3v) is 5.54. The molecule has 0 aliphatic heterocycles. The first kappa shape index (κ1) is 15.1. The van der Waals surface area contributed by atoms with Gasteiger partial charge in [0.2, 0.25) is 5.91 Å². The zero-order chi connectivity index (χ0) is 16.0. The van der Waals surface area contributed by atoms with Crippen LogP contribution in [0.2, 0.25) is 0 Å². The Balaban J connectivity index is 1.90. The molecule has 5 nitrogen and oxygen atoms in total. The standard InChI is InChI=1S/C14H13FN2O3S2/c1-22(19,20)11-3-2-9(8-10(11)15)14(4-5-14)12(18)17-13-16-6-7-21-13/h2-3,6-8H,4-5H2,1H3,(H,16,17,18). The van der Waals surface area contributed by atoms with E-state index in [1.165, 1.54) is 23.5 Å². The van der Waals surface area contributed by atoms with Crippen LogP contribution in [0.3, 0.4) is 0 Å². The predicted molar refractivity (Wildman–Crippen MR) is 81.2 cm³/mol. The van der Waals surface area contributed by atoms with Crippen molar-refractivity contribution in [2.75, 3.05) is 11.6 Å². The van der Waals surface area contributed by atoms with Crippen LogP contribution in [-0.2, 0) is 20.0 Å². The third kappa shape index (κ3) is 2.64. The second kappa shape index (κ2) is 5.13. The van der Waals surface area contributed by atoms with E-state index < -0.39 is 21.1 Å². The van der Waals surface area contributed by atoms with Crippen molar-refractivity contribution in [3.63, 3.8) is 0 Å². The van der Waals surface area contributed by atoms with E-state index in [1.807, 2.05) is 0 Å². The lowest BCUT2D eigenvalue weighted by Gasteiger charge is -2.15. The van der Waals surface area contributed by atoms with E-state index in [9.17, 15) is 17.6 Å².